The smallest absolute Gasteiger partial charge is 0.263 e. The van der Waals surface area contributed by atoms with Crippen LogP contribution in [0.25, 0.3) is 10.7 Å². The minimum Gasteiger partial charge on any atom is -0.481 e. The number of hydrogen-bond acceptors (Lipinski definition) is 6. The quantitative estimate of drug-likeness (QED) is 0.674. The third-order valence-electron chi connectivity index (χ3n) is 5.08. The van der Waals surface area contributed by atoms with Crippen LogP contribution in [0.15, 0.2) is 46.7 Å². The number of thiazole rings is 1. The summed E-state index contributed by atoms with van der Waals surface area (Å²) in [6.45, 7) is 2.78. The molecular weight excluding hydrogens is 407 g/mol. The number of rotatable bonds is 5. The number of amides is 1. The summed E-state index contributed by atoms with van der Waals surface area (Å²) in [6, 6.07) is 7.05. The van der Waals surface area contributed by atoms with E-state index >= 15 is 0 Å². The zero-order valence-corrected chi connectivity index (χ0v) is 17.2. The predicted molar refractivity (Wildman–Crippen MR) is 111 cm³/mol. The second kappa shape index (κ2) is 8.74. The number of aromatic nitrogens is 3. The van der Waals surface area contributed by atoms with Gasteiger partial charge in [0.15, 0.2) is 6.10 Å². The number of halogens is 1. The lowest BCUT2D eigenvalue weighted by atomic mass is 9.95. The highest BCUT2D eigenvalue weighted by molar-refractivity contribution is 7.13. The maximum absolute atomic E-state index is 13.0. The van der Waals surface area contributed by atoms with Crippen molar-refractivity contribution in [1.82, 2.24) is 19.9 Å². The van der Waals surface area contributed by atoms with Gasteiger partial charge in [0.25, 0.3) is 11.5 Å². The first-order valence-corrected chi connectivity index (χ1v) is 10.6. The van der Waals surface area contributed by atoms with Gasteiger partial charge in [-0.25, -0.2) is 14.4 Å². The van der Waals surface area contributed by atoms with E-state index in [9.17, 15) is 14.0 Å². The molecule has 1 N–H and O–H groups in total. The monoisotopic (exact) mass is 428 g/mol. The van der Waals surface area contributed by atoms with Crippen molar-refractivity contribution < 1.29 is 13.9 Å². The normalized spacial score (nSPS) is 15.7. The summed E-state index contributed by atoms with van der Waals surface area (Å²) in [5.41, 5.74) is 0.369. The molecule has 1 aromatic carbocycles. The van der Waals surface area contributed by atoms with Gasteiger partial charge in [-0.1, -0.05) is 0 Å². The standard InChI is InChI=1S/C21H21FN4O3S/c1-13(29-16-4-2-15(22)3-5-16)21(28)26-9-6-14(7-10-26)19-24-17(12-18(27)25-19)20-23-8-11-30-20/h2-5,8,11-14H,6-7,9-10H2,1H3,(H,24,25,27)/t13-/m1/s1. The van der Waals surface area contributed by atoms with Gasteiger partial charge < -0.3 is 14.6 Å². The minimum absolute atomic E-state index is 0.0648. The molecular formula is C21H21FN4O3S. The molecule has 0 unspecified atom stereocenters. The second-order valence-electron chi connectivity index (χ2n) is 7.17. The highest BCUT2D eigenvalue weighted by Gasteiger charge is 2.29. The maximum atomic E-state index is 13.0. The van der Waals surface area contributed by atoms with Crippen molar-refractivity contribution in [1.29, 1.82) is 0 Å². The predicted octanol–water partition coefficient (Wildman–Crippen LogP) is 3.21. The van der Waals surface area contributed by atoms with Gasteiger partial charge in [-0.2, -0.15) is 0 Å². The fraction of sp³-hybridized carbons (Fsp3) is 0.333. The molecule has 1 fully saturated rings. The number of nitrogens with one attached hydrogen (secondary N) is 1. The van der Waals surface area contributed by atoms with Crippen LogP contribution < -0.4 is 10.3 Å². The number of likely N-dealkylation sites (tertiary alicyclic amines) is 1. The van der Waals surface area contributed by atoms with Crippen molar-refractivity contribution in [2.75, 3.05) is 13.1 Å². The van der Waals surface area contributed by atoms with Crippen LogP contribution in [0.2, 0.25) is 0 Å². The minimum atomic E-state index is -0.668. The van der Waals surface area contributed by atoms with Crippen molar-refractivity contribution in [2.45, 2.75) is 31.8 Å². The largest absolute Gasteiger partial charge is 0.481 e. The molecule has 30 heavy (non-hydrogen) atoms. The summed E-state index contributed by atoms with van der Waals surface area (Å²) in [4.78, 5) is 38.2. The Hall–Kier alpha value is -3.07. The van der Waals surface area contributed by atoms with Crippen LogP contribution in [0, 0.1) is 5.82 Å². The molecule has 7 nitrogen and oxygen atoms in total. The van der Waals surface area contributed by atoms with Crippen molar-refractivity contribution in [3.05, 3.63) is 63.9 Å². The summed E-state index contributed by atoms with van der Waals surface area (Å²) in [5.74, 6) is 0.683. The summed E-state index contributed by atoms with van der Waals surface area (Å²) < 4.78 is 18.7. The first-order chi connectivity index (χ1) is 14.5. The zero-order chi connectivity index (χ0) is 21.1. The number of aromatic amines is 1. The lowest BCUT2D eigenvalue weighted by molar-refractivity contribution is -0.139. The summed E-state index contributed by atoms with van der Waals surface area (Å²) in [5, 5.41) is 2.55. The van der Waals surface area contributed by atoms with Crippen LogP contribution in [0.4, 0.5) is 4.39 Å². The van der Waals surface area contributed by atoms with Crippen LogP contribution >= 0.6 is 11.3 Å². The Morgan fingerprint density at radius 1 is 1.30 bits per heavy atom. The molecule has 3 heterocycles. The van der Waals surface area contributed by atoms with Crippen LogP contribution in [0.1, 0.15) is 31.5 Å². The van der Waals surface area contributed by atoms with Gasteiger partial charge in [-0.05, 0) is 44.0 Å². The van der Waals surface area contributed by atoms with E-state index in [1.807, 2.05) is 5.38 Å². The Labute approximate surface area is 176 Å². The molecule has 1 aliphatic heterocycles. The number of H-pyrrole nitrogens is 1. The fourth-order valence-electron chi connectivity index (χ4n) is 3.53. The molecule has 4 rings (SSSR count). The molecule has 0 aliphatic carbocycles. The Morgan fingerprint density at radius 3 is 2.70 bits per heavy atom. The van der Waals surface area contributed by atoms with Gasteiger partial charge in [0, 0.05) is 36.7 Å². The third-order valence-corrected chi connectivity index (χ3v) is 5.87. The molecule has 1 atom stereocenters. The molecule has 0 bridgehead atoms. The van der Waals surface area contributed by atoms with Gasteiger partial charge >= 0.3 is 0 Å². The Kier molecular flexibility index (Phi) is 5.89. The Morgan fingerprint density at radius 2 is 2.03 bits per heavy atom. The van der Waals surface area contributed by atoms with Gasteiger partial charge in [0.2, 0.25) is 0 Å². The lowest BCUT2D eigenvalue weighted by Crippen LogP contribution is -2.44. The molecule has 1 aliphatic rings. The second-order valence-corrected chi connectivity index (χ2v) is 8.06. The molecule has 2 aromatic heterocycles. The molecule has 156 valence electrons. The SMILES string of the molecule is C[C@@H](Oc1ccc(F)cc1)C(=O)N1CCC(c2nc(-c3nccs3)cc(=O)[nH]2)CC1. The first-order valence-electron chi connectivity index (χ1n) is 9.72. The number of piperidine rings is 1. The number of hydrogen-bond donors (Lipinski definition) is 1. The van der Waals surface area contributed by atoms with Gasteiger partial charge in [0.1, 0.15) is 28.1 Å². The molecule has 0 radical (unpaired) electrons. The zero-order valence-electron chi connectivity index (χ0n) is 16.4. The van der Waals surface area contributed by atoms with E-state index in [1.54, 1.807) is 18.0 Å². The van der Waals surface area contributed by atoms with E-state index in [1.165, 1.54) is 41.7 Å². The van der Waals surface area contributed by atoms with E-state index in [0.717, 1.165) is 0 Å². The van der Waals surface area contributed by atoms with Gasteiger partial charge in [-0.3, -0.25) is 9.59 Å². The van der Waals surface area contributed by atoms with E-state index in [-0.39, 0.29) is 23.2 Å². The highest BCUT2D eigenvalue weighted by atomic mass is 32.1. The van der Waals surface area contributed by atoms with Crippen molar-refractivity contribution >= 4 is 17.2 Å². The van der Waals surface area contributed by atoms with Crippen LogP contribution in [0.3, 0.4) is 0 Å². The van der Waals surface area contributed by atoms with Crippen molar-refractivity contribution in [2.24, 2.45) is 0 Å². The van der Waals surface area contributed by atoms with E-state index in [0.29, 0.717) is 48.2 Å². The van der Waals surface area contributed by atoms with Crippen LogP contribution in [-0.2, 0) is 4.79 Å². The van der Waals surface area contributed by atoms with E-state index < -0.39 is 6.10 Å². The van der Waals surface area contributed by atoms with Gasteiger partial charge in [0.05, 0.1) is 0 Å². The van der Waals surface area contributed by atoms with Crippen molar-refractivity contribution in [3.63, 3.8) is 0 Å². The average molecular weight is 428 g/mol. The summed E-state index contributed by atoms with van der Waals surface area (Å²) >= 11 is 1.44. The number of carbonyl (C=O) groups is 1. The number of benzene rings is 1. The molecule has 3 aromatic rings. The van der Waals surface area contributed by atoms with Gasteiger partial charge in [-0.15, -0.1) is 11.3 Å². The average Bonchev–Trinajstić information content (AvgIpc) is 3.29. The van der Waals surface area contributed by atoms with E-state index in [4.69, 9.17) is 4.74 Å². The molecule has 1 amide bonds. The van der Waals surface area contributed by atoms with Crippen molar-refractivity contribution in [3.8, 4) is 16.5 Å². The van der Waals surface area contributed by atoms with Crippen LogP contribution in [0.5, 0.6) is 5.75 Å². The molecule has 9 heteroatoms. The Balaban J connectivity index is 1.38. The Bertz CT molecular complexity index is 1060. The lowest BCUT2D eigenvalue weighted by Gasteiger charge is -2.33. The third kappa shape index (κ3) is 4.56. The highest BCUT2D eigenvalue weighted by Crippen LogP contribution is 2.27. The van der Waals surface area contributed by atoms with Crippen LogP contribution in [-0.4, -0.2) is 45.0 Å². The topological polar surface area (TPSA) is 88.2 Å². The molecule has 1 saturated heterocycles. The number of nitrogens with zero attached hydrogens (tertiary/aromatic N) is 3. The molecule has 0 spiro atoms. The summed E-state index contributed by atoms with van der Waals surface area (Å²) in [6.07, 6.45) is 2.40. The number of ether oxygens (including phenoxy) is 1. The maximum Gasteiger partial charge on any atom is 0.263 e. The first kappa shape index (κ1) is 20.2. The molecule has 0 saturated carbocycles. The number of carbonyl (C=O) groups excluding carboxylic acids is 1. The summed E-state index contributed by atoms with van der Waals surface area (Å²) in [7, 11) is 0. The van der Waals surface area contributed by atoms with E-state index in [2.05, 4.69) is 15.0 Å². The fourth-order valence-corrected chi connectivity index (χ4v) is 4.13.